The molecule has 0 radical (unpaired) electrons. The van der Waals surface area contributed by atoms with Crippen LogP contribution < -0.4 is 4.74 Å². The van der Waals surface area contributed by atoms with E-state index in [0.717, 1.165) is 17.7 Å². The van der Waals surface area contributed by atoms with Crippen molar-refractivity contribution in [3.63, 3.8) is 0 Å². The van der Waals surface area contributed by atoms with Gasteiger partial charge in [-0.25, -0.2) is 0 Å². The Morgan fingerprint density at radius 2 is 2.00 bits per heavy atom. The van der Waals surface area contributed by atoms with Crippen LogP contribution in [0.2, 0.25) is 0 Å². The molecule has 7 heteroatoms. The number of carbonyl (C=O) groups is 1. The third-order valence-corrected chi connectivity index (χ3v) is 4.86. The summed E-state index contributed by atoms with van der Waals surface area (Å²) in [7, 11) is 0. The van der Waals surface area contributed by atoms with Gasteiger partial charge >= 0.3 is 6.18 Å². The van der Waals surface area contributed by atoms with Gasteiger partial charge < -0.3 is 9.64 Å². The normalized spacial score (nSPS) is 18.0. The number of halogens is 3. The summed E-state index contributed by atoms with van der Waals surface area (Å²) in [5.41, 5.74) is 0.456. The first kappa shape index (κ1) is 16.8. The van der Waals surface area contributed by atoms with E-state index in [2.05, 4.69) is 4.74 Å². The monoisotopic (exact) mass is 355 g/mol. The number of hydrogen-bond acceptors (Lipinski definition) is 3. The summed E-state index contributed by atoms with van der Waals surface area (Å²) in [5, 5.41) is 1.99. The minimum atomic E-state index is -4.38. The number of amides is 1. The fraction of sp³-hybridized carbons (Fsp3) is 0.353. The van der Waals surface area contributed by atoms with Crippen LogP contribution in [0.15, 0.2) is 41.8 Å². The standard InChI is InChI=1S/C17H16F3NO2S/c18-17(19,20)11-23-13-7-5-12(6-8-13)16(22)21-9-1-3-14(21)15-4-2-10-24-15/h2,4-8,10,14H,1,3,9,11H2. The summed E-state index contributed by atoms with van der Waals surface area (Å²) in [6, 6.07) is 9.89. The number of rotatable bonds is 4. The maximum Gasteiger partial charge on any atom is 0.422 e. The van der Waals surface area contributed by atoms with Crippen molar-refractivity contribution in [1.82, 2.24) is 4.90 Å². The molecule has 0 saturated carbocycles. The first-order chi connectivity index (χ1) is 11.4. The topological polar surface area (TPSA) is 29.5 Å². The van der Waals surface area contributed by atoms with Gasteiger partial charge in [0.25, 0.3) is 5.91 Å². The van der Waals surface area contributed by atoms with Crippen molar-refractivity contribution in [2.75, 3.05) is 13.2 Å². The Balaban J connectivity index is 1.68. The van der Waals surface area contributed by atoms with Gasteiger partial charge in [-0.05, 0) is 48.6 Å². The molecule has 1 aliphatic rings. The molecule has 1 fully saturated rings. The van der Waals surface area contributed by atoms with Gasteiger partial charge in [0.15, 0.2) is 6.61 Å². The molecule has 3 rings (SSSR count). The molecular weight excluding hydrogens is 339 g/mol. The van der Waals surface area contributed by atoms with Gasteiger partial charge in [0, 0.05) is 17.0 Å². The molecule has 2 aromatic rings. The first-order valence-corrected chi connectivity index (χ1v) is 8.46. The van der Waals surface area contributed by atoms with Gasteiger partial charge in [0.2, 0.25) is 0 Å². The molecule has 24 heavy (non-hydrogen) atoms. The van der Waals surface area contributed by atoms with E-state index in [0.29, 0.717) is 12.1 Å². The quantitative estimate of drug-likeness (QED) is 0.798. The van der Waals surface area contributed by atoms with Crippen LogP contribution in [0.1, 0.15) is 34.1 Å². The number of hydrogen-bond donors (Lipinski definition) is 0. The highest BCUT2D eigenvalue weighted by molar-refractivity contribution is 7.10. The maximum atomic E-state index is 12.7. The molecule has 1 unspecified atom stereocenters. The summed E-state index contributed by atoms with van der Waals surface area (Å²) in [6.07, 6.45) is -2.50. The fourth-order valence-corrected chi connectivity index (χ4v) is 3.68. The second-order valence-corrected chi connectivity index (χ2v) is 6.58. The number of likely N-dealkylation sites (tertiary alicyclic amines) is 1. The molecule has 128 valence electrons. The van der Waals surface area contributed by atoms with Crippen LogP contribution in [0.4, 0.5) is 13.2 Å². The molecule has 0 bridgehead atoms. The molecule has 1 atom stereocenters. The van der Waals surface area contributed by atoms with Gasteiger partial charge in [-0.1, -0.05) is 6.07 Å². The third-order valence-electron chi connectivity index (χ3n) is 3.89. The second-order valence-electron chi connectivity index (χ2n) is 5.60. The van der Waals surface area contributed by atoms with Crippen molar-refractivity contribution in [3.8, 4) is 5.75 Å². The predicted octanol–water partition coefficient (Wildman–Crippen LogP) is 4.67. The highest BCUT2D eigenvalue weighted by Gasteiger charge is 2.31. The minimum Gasteiger partial charge on any atom is -0.484 e. The lowest BCUT2D eigenvalue weighted by Gasteiger charge is -2.24. The van der Waals surface area contributed by atoms with Gasteiger partial charge in [0.1, 0.15) is 5.75 Å². The minimum absolute atomic E-state index is 0.0821. The zero-order valence-corrected chi connectivity index (χ0v) is 13.6. The Morgan fingerprint density at radius 3 is 2.62 bits per heavy atom. The van der Waals surface area contributed by atoms with Gasteiger partial charge in [0.05, 0.1) is 6.04 Å². The summed E-state index contributed by atoms with van der Waals surface area (Å²) >= 11 is 1.63. The van der Waals surface area contributed by atoms with Crippen LogP contribution in [0.3, 0.4) is 0 Å². The maximum absolute atomic E-state index is 12.7. The zero-order valence-electron chi connectivity index (χ0n) is 12.8. The Kier molecular flexibility index (Phi) is 4.80. The number of nitrogens with zero attached hydrogens (tertiary/aromatic N) is 1. The van der Waals surface area contributed by atoms with Crippen LogP contribution in [-0.2, 0) is 0 Å². The van der Waals surface area contributed by atoms with Crippen LogP contribution in [-0.4, -0.2) is 30.1 Å². The van der Waals surface area contributed by atoms with E-state index in [9.17, 15) is 18.0 Å². The Bertz CT molecular complexity index is 683. The lowest BCUT2D eigenvalue weighted by Crippen LogP contribution is -2.30. The summed E-state index contributed by atoms with van der Waals surface area (Å²) in [6.45, 7) is -0.652. The average Bonchev–Trinajstić information content (AvgIpc) is 3.22. The Labute approximate surface area is 141 Å². The molecule has 0 spiro atoms. The smallest absolute Gasteiger partial charge is 0.422 e. The lowest BCUT2D eigenvalue weighted by atomic mass is 10.1. The van der Waals surface area contributed by atoms with E-state index in [1.54, 1.807) is 11.3 Å². The van der Waals surface area contributed by atoms with Crippen LogP contribution >= 0.6 is 11.3 Å². The molecule has 0 aliphatic carbocycles. The molecule has 1 saturated heterocycles. The summed E-state index contributed by atoms with van der Waals surface area (Å²) in [4.78, 5) is 15.7. The van der Waals surface area contributed by atoms with E-state index in [1.165, 1.54) is 24.3 Å². The SMILES string of the molecule is O=C(c1ccc(OCC(F)(F)F)cc1)N1CCCC1c1cccs1. The third kappa shape index (κ3) is 3.90. The molecule has 1 aromatic carbocycles. The molecule has 1 amide bonds. The van der Waals surface area contributed by atoms with Crippen molar-refractivity contribution >= 4 is 17.2 Å². The lowest BCUT2D eigenvalue weighted by molar-refractivity contribution is -0.153. The van der Waals surface area contributed by atoms with Crippen molar-refractivity contribution in [2.45, 2.75) is 25.1 Å². The van der Waals surface area contributed by atoms with E-state index in [4.69, 9.17) is 0 Å². The largest absolute Gasteiger partial charge is 0.484 e. The van der Waals surface area contributed by atoms with Crippen molar-refractivity contribution in [2.24, 2.45) is 0 Å². The number of alkyl halides is 3. The van der Waals surface area contributed by atoms with E-state index < -0.39 is 12.8 Å². The molecule has 1 aromatic heterocycles. The molecular formula is C17H16F3NO2S. The van der Waals surface area contributed by atoms with Gasteiger partial charge in [-0.2, -0.15) is 13.2 Å². The number of carbonyl (C=O) groups excluding carboxylic acids is 1. The molecule has 3 nitrogen and oxygen atoms in total. The van der Waals surface area contributed by atoms with Crippen molar-refractivity contribution < 1.29 is 22.7 Å². The highest BCUT2D eigenvalue weighted by Crippen LogP contribution is 2.35. The molecule has 0 N–H and O–H groups in total. The van der Waals surface area contributed by atoms with Crippen LogP contribution in [0.5, 0.6) is 5.75 Å². The van der Waals surface area contributed by atoms with E-state index in [-0.39, 0.29) is 17.7 Å². The van der Waals surface area contributed by atoms with Crippen LogP contribution in [0, 0.1) is 0 Å². The summed E-state index contributed by atoms with van der Waals surface area (Å²) < 4.78 is 41.1. The second kappa shape index (κ2) is 6.84. The fourth-order valence-electron chi connectivity index (χ4n) is 2.81. The van der Waals surface area contributed by atoms with Crippen molar-refractivity contribution in [3.05, 3.63) is 52.2 Å². The molecule has 1 aliphatic heterocycles. The number of ether oxygens (including phenoxy) is 1. The Hall–Kier alpha value is -2.02. The average molecular weight is 355 g/mol. The number of thiophene rings is 1. The first-order valence-electron chi connectivity index (χ1n) is 7.58. The van der Waals surface area contributed by atoms with E-state index in [1.807, 2.05) is 22.4 Å². The van der Waals surface area contributed by atoms with Gasteiger partial charge in [-0.15, -0.1) is 11.3 Å². The van der Waals surface area contributed by atoms with Crippen molar-refractivity contribution in [1.29, 1.82) is 0 Å². The van der Waals surface area contributed by atoms with E-state index >= 15 is 0 Å². The van der Waals surface area contributed by atoms with Crippen LogP contribution in [0.25, 0.3) is 0 Å². The Morgan fingerprint density at radius 1 is 1.25 bits per heavy atom. The summed E-state index contributed by atoms with van der Waals surface area (Å²) in [5.74, 6) is -0.00613. The predicted molar refractivity (Wildman–Crippen MR) is 85.3 cm³/mol. The highest BCUT2D eigenvalue weighted by atomic mass is 32.1. The van der Waals surface area contributed by atoms with Gasteiger partial charge in [-0.3, -0.25) is 4.79 Å². The zero-order chi connectivity index (χ0) is 17.2. The number of benzene rings is 1. The molecule has 2 heterocycles.